The number of hydrogen-bond donors (Lipinski definition) is 1. The highest BCUT2D eigenvalue weighted by Gasteiger charge is 2.15. The number of rotatable bonds is 7. The zero-order valence-electron chi connectivity index (χ0n) is 17.0. The van der Waals surface area contributed by atoms with Crippen LogP contribution in [0.1, 0.15) is 29.8 Å². The van der Waals surface area contributed by atoms with Gasteiger partial charge in [-0.1, -0.05) is 0 Å². The fourth-order valence-corrected chi connectivity index (χ4v) is 3.05. The molecule has 0 saturated heterocycles. The highest BCUT2D eigenvalue weighted by molar-refractivity contribution is 9.10. The van der Waals surface area contributed by atoms with Crippen molar-refractivity contribution >= 4 is 39.6 Å². The van der Waals surface area contributed by atoms with Gasteiger partial charge in [0.1, 0.15) is 11.6 Å². The minimum absolute atomic E-state index is 0.0531. The second-order valence-electron chi connectivity index (χ2n) is 6.39. The van der Waals surface area contributed by atoms with Crippen molar-refractivity contribution < 1.29 is 23.8 Å². The van der Waals surface area contributed by atoms with E-state index in [-0.39, 0.29) is 11.7 Å². The maximum absolute atomic E-state index is 12.5. The van der Waals surface area contributed by atoms with Crippen molar-refractivity contribution in [1.82, 2.24) is 0 Å². The van der Waals surface area contributed by atoms with Crippen molar-refractivity contribution in [3.8, 4) is 17.6 Å². The molecular weight excluding hydrogens is 452 g/mol. The third-order valence-electron chi connectivity index (χ3n) is 3.85. The normalized spacial score (nSPS) is 10.9. The number of carbonyl (C=O) groups is 2. The van der Waals surface area contributed by atoms with Crippen molar-refractivity contribution in [2.45, 2.75) is 20.0 Å². The van der Waals surface area contributed by atoms with Crippen LogP contribution in [-0.4, -0.2) is 32.2 Å². The lowest BCUT2D eigenvalue weighted by atomic mass is 10.1. The van der Waals surface area contributed by atoms with Crippen LogP contribution < -0.4 is 14.8 Å². The summed E-state index contributed by atoms with van der Waals surface area (Å²) in [7, 11) is 2.80. The monoisotopic (exact) mass is 472 g/mol. The summed E-state index contributed by atoms with van der Waals surface area (Å²) < 4.78 is 16.4. The van der Waals surface area contributed by atoms with E-state index in [1.165, 1.54) is 32.4 Å². The number of hydrogen-bond acceptors (Lipinski definition) is 6. The van der Waals surface area contributed by atoms with Crippen molar-refractivity contribution in [3.63, 3.8) is 0 Å². The third kappa shape index (κ3) is 5.84. The van der Waals surface area contributed by atoms with E-state index in [0.717, 1.165) is 0 Å². The number of nitriles is 1. The summed E-state index contributed by atoms with van der Waals surface area (Å²) in [4.78, 5) is 24.0. The molecule has 0 radical (unpaired) electrons. The molecule has 0 spiro atoms. The van der Waals surface area contributed by atoms with Gasteiger partial charge in [-0.05, 0) is 77.8 Å². The van der Waals surface area contributed by atoms with Gasteiger partial charge in [-0.25, -0.2) is 4.79 Å². The van der Waals surface area contributed by atoms with Gasteiger partial charge >= 0.3 is 5.97 Å². The lowest BCUT2D eigenvalue weighted by molar-refractivity contribution is -0.112. The summed E-state index contributed by atoms with van der Waals surface area (Å²) in [6.45, 7) is 3.80. The molecule has 2 aromatic carbocycles. The molecule has 0 atom stereocenters. The summed E-state index contributed by atoms with van der Waals surface area (Å²) in [5, 5.41) is 12.1. The van der Waals surface area contributed by atoms with Gasteiger partial charge in [0.05, 0.1) is 30.4 Å². The topological polar surface area (TPSA) is 97.7 Å². The average Bonchev–Trinajstić information content (AvgIpc) is 2.73. The number of amides is 1. The maximum Gasteiger partial charge on any atom is 0.337 e. The zero-order valence-corrected chi connectivity index (χ0v) is 18.6. The highest BCUT2D eigenvalue weighted by atomic mass is 79.9. The first-order chi connectivity index (χ1) is 14.3. The maximum atomic E-state index is 12.5. The van der Waals surface area contributed by atoms with E-state index in [1.807, 2.05) is 19.9 Å². The summed E-state index contributed by atoms with van der Waals surface area (Å²) in [5.41, 5.74) is 1.28. The van der Waals surface area contributed by atoms with E-state index >= 15 is 0 Å². The fraction of sp³-hybridized carbons (Fsp3) is 0.227. The molecule has 2 rings (SSSR count). The first kappa shape index (κ1) is 23.0. The molecule has 0 unspecified atom stereocenters. The molecule has 0 aromatic heterocycles. The third-order valence-corrected chi connectivity index (χ3v) is 4.43. The molecule has 0 aliphatic heterocycles. The first-order valence-corrected chi connectivity index (χ1v) is 9.74. The molecule has 0 saturated carbocycles. The minimum Gasteiger partial charge on any atom is -0.493 e. The van der Waals surface area contributed by atoms with E-state index in [0.29, 0.717) is 32.8 Å². The number of esters is 1. The van der Waals surface area contributed by atoms with Gasteiger partial charge in [0.15, 0.2) is 11.5 Å². The van der Waals surface area contributed by atoms with E-state index in [4.69, 9.17) is 9.47 Å². The standard InChI is InChI=1S/C22H21BrN2O5/c1-13(2)30-20-18(23)10-14(11-19(20)28-3)9-16(12-24)21(26)25-17-7-5-15(6-8-17)22(27)29-4/h5-11,13H,1-4H3,(H,25,26)/b16-9+. The smallest absolute Gasteiger partial charge is 0.337 e. The molecule has 7 nitrogen and oxygen atoms in total. The molecule has 8 heteroatoms. The van der Waals surface area contributed by atoms with E-state index in [9.17, 15) is 14.9 Å². The number of nitrogens with zero attached hydrogens (tertiary/aromatic N) is 1. The van der Waals surface area contributed by atoms with Gasteiger partial charge in [0, 0.05) is 5.69 Å². The van der Waals surface area contributed by atoms with Gasteiger partial charge < -0.3 is 19.5 Å². The molecule has 156 valence electrons. The van der Waals surface area contributed by atoms with Crippen LogP contribution in [0.5, 0.6) is 11.5 Å². The predicted molar refractivity (Wildman–Crippen MR) is 116 cm³/mol. The molecule has 0 fully saturated rings. The molecule has 0 aliphatic carbocycles. The summed E-state index contributed by atoms with van der Waals surface area (Å²) in [6.07, 6.45) is 1.40. The summed E-state index contributed by atoms with van der Waals surface area (Å²) in [5.74, 6) is -0.0467. The number of nitrogens with one attached hydrogen (secondary N) is 1. The molecule has 0 heterocycles. The minimum atomic E-state index is -0.582. The van der Waals surface area contributed by atoms with Gasteiger partial charge in [0.25, 0.3) is 5.91 Å². The Labute approximate surface area is 183 Å². The number of ether oxygens (including phenoxy) is 3. The van der Waals surface area contributed by atoms with Crippen LogP contribution in [0.25, 0.3) is 6.08 Å². The van der Waals surface area contributed by atoms with Gasteiger partial charge in [-0.2, -0.15) is 5.26 Å². The van der Waals surface area contributed by atoms with Crippen LogP contribution in [0.4, 0.5) is 5.69 Å². The van der Waals surface area contributed by atoms with Crippen molar-refractivity contribution in [2.24, 2.45) is 0 Å². The lowest BCUT2D eigenvalue weighted by Crippen LogP contribution is -2.13. The second kappa shape index (κ2) is 10.5. The number of methoxy groups -OCH3 is 2. The van der Waals surface area contributed by atoms with E-state index in [2.05, 4.69) is 26.0 Å². The predicted octanol–water partition coefficient (Wildman–Crippen LogP) is 4.58. The Kier molecular flexibility index (Phi) is 8.01. The summed E-state index contributed by atoms with van der Waals surface area (Å²) in [6, 6.07) is 11.5. The fourth-order valence-electron chi connectivity index (χ4n) is 2.49. The van der Waals surface area contributed by atoms with E-state index in [1.54, 1.807) is 24.3 Å². The molecule has 0 aliphatic rings. The average molecular weight is 473 g/mol. The zero-order chi connectivity index (χ0) is 22.3. The number of halogens is 1. The summed E-state index contributed by atoms with van der Waals surface area (Å²) >= 11 is 3.44. The quantitative estimate of drug-likeness (QED) is 0.359. The van der Waals surface area contributed by atoms with Crippen LogP contribution in [0.3, 0.4) is 0 Å². The number of carbonyl (C=O) groups excluding carboxylic acids is 2. The second-order valence-corrected chi connectivity index (χ2v) is 7.25. The Morgan fingerprint density at radius 1 is 1.17 bits per heavy atom. The Bertz CT molecular complexity index is 1010. The highest BCUT2D eigenvalue weighted by Crippen LogP contribution is 2.38. The molecule has 1 N–H and O–H groups in total. The van der Waals surface area contributed by atoms with Crippen LogP contribution in [-0.2, 0) is 9.53 Å². The van der Waals surface area contributed by atoms with Crippen molar-refractivity contribution in [1.29, 1.82) is 5.26 Å². The van der Waals surface area contributed by atoms with Crippen molar-refractivity contribution in [3.05, 3.63) is 57.6 Å². The Balaban J connectivity index is 2.26. The molecule has 0 bridgehead atoms. The van der Waals surface area contributed by atoms with Gasteiger partial charge in [-0.15, -0.1) is 0 Å². The lowest BCUT2D eigenvalue weighted by Gasteiger charge is -2.16. The number of anilines is 1. The van der Waals surface area contributed by atoms with Crippen molar-refractivity contribution in [2.75, 3.05) is 19.5 Å². The largest absolute Gasteiger partial charge is 0.493 e. The van der Waals surface area contributed by atoms with Gasteiger partial charge in [0.2, 0.25) is 0 Å². The molecule has 1 amide bonds. The van der Waals surface area contributed by atoms with Crippen LogP contribution in [0, 0.1) is 11.3 Å². The molecule has 2 aromatic rings. The first-order valence-electron chi connectivity index (χ1n) is 8.94. The van der Waals surface area contributed by atoms with Crippen LogP contribution in [0.2, 0.25) is 0 Å². The molecular formula is C22H21BrN2O5. The Morgan fingerprint density at radius 3 is 2.37 bits per heavy atom. The van der Waals surface area contributed by atoms with Crippen LogP contribution >= 0.6 is 15.9 Å². The van der Waals surface area contributed by atoms with Gasteiger partial charge in [-0.3, -0.25) is 4.79 Å². The Morgan fingerprint density at radius 2 is 1.83 bits per heavy atom. The van der Waals surface area contributed by atoms with Crippen LogP contribution in [0.15, 0.2) is 46.4 Å². The Hall–Kier alpha value is -3.31. The SMILES string of the molecule is COC(=O)c1ccc(NC(=O)/C(C#N)=C/c2cc(Br)c(OC(C)C)c(OC)c2)cc1. The van der Waals surface area contributed by atoms with E-state index < -0.39 is 11.9 Å². The number of benzene rings is 2. The molecule has 30 heavy (non-hydrogen) atoms.